The average Bonchev–Trinajstić information content (AvgIpc) is 2.94. The molecule has 1 fully saturated rings. The maximum absolute atomic E-state index is 4.40. The van der Waals surface area contributed by atoms with E-state index in [-0.39, 0.29) is 0 Å². The summed E-state index contributed by atoms with van der Waals surface area (Å²) in [5, 5.41) is 3.44. The molecule has 1 aliphatic rings. The van der Waals surface area contributed by atoms with Crippen LogP contribution in [0.1, 0.15) is 38.1 Å². The molecule has 0 amide bonds. The molecule has 0 spiro atoms. The van der Waals surface area contributed by atoms with E-state index in [0.29, 0.717) is 6.04 Å². The van der Waals surface area contributed by atoms with E-state index in [1.807, 2.05) is 18.0 Å². The highest BCUT2D eigenvalue weighted by Gasteiger charge is 2.18. The highest BCUT2D eigenvalue weighted by atomic mass is 32.2. The van der Waals surface area contributed by atoms with Gasteiger partial charge in [0.1, 0.15) is 0 Å². The van der Waals surface area contributed by atoms with Gasteiger partial charge in [0.05, 0.1) is 0 Å². The van der Waals surface area contributed by atoms with Crippen molar-refractivity contribution >= 4 is 17.7 Å². The minimum Gasteiger partial charge on any atom is -0.356 e. The Morgan fingerprint density at radius 3 is 3.06 bits per heavy atom. The summed E-state index contributed by atoms with van der Waals surface area (Å²) in [6.07, 6.45) is 12.8. The predicted octanol–water partition coefficient (Wildman–Crippen LogP) is 3.16. The van der Waals surface area contributed by atoms with Crippen LogP contribution in [0.4, 0.5) is 5.95 Å². The molecule has 4 heteroatoms. The van der Waals surface area contributed by atoms with Crippen molar-refractivity contribution in [3.05, 3.63) is 12.4 Å². The number of nitrogens with one attached hydrogen (secondary N) is 1. The van der Waals surface area contributed by atoms with Gasteiger partial charge in [-0.2, -0.15) is 11.8 Å². The average molecular weight is 239 g/mol. The van der Waals surface area contributed by atoms with Crippen molar-refractivity contribution in [2.24, 2.45) is 0 Å². The van der Waals surface area contributed by atoms with Crippen molar-refractivity contribution < 1.29 is 0 Å². The normalized spacial score (nSPS) is 16.8. The summed E-state index contributed by atoms with van der Waals surface area (Å²) >= 11 is 1.90. The van der Waals surface area contributed by atoms with E-state index in [1.54, 1.807) is 0 Å². The SMILES string of the molecule is CSCCCNc1nccn1C1CCCC1. The molecule has 1 aromatic heterocycles. The van der Waals surface area contributed by atoms with Crippen molar-refractivity contribution in [2.75, 3.05) is 23.9 Å². The number of imidazole rings is 1. The summed E-state index contributed by atoms with van der Waals surface area (Å²) in [5.41, 5.74) is 0. The lowest BCUT2D eigenvalue weighted by atomic mass is 10.2. The van der Waals surface area contributed by atoms with Crippen LogP contribution in [0.2, 0.25) is 0 Å². The molecule has 0 unspecified atom stereocenters. The molecule has 1 N–H and O–H groups in total. The van der Waals surface area contributed by atoms with Gasteiger partial charge >= 0.3 is 0 Å². The smallest absolute Gasteiger partial charge is 0.203 e. The first-order valence-corrected chi connectivity index (χ1v) is 7.57. The van der Waals surface area contributed by atoms with Crippen molar-refractivity contribution in [1.82, 2.24) is 9.55 Å². The van der Waals surface area contributed by atoms with Crippen LogP contribution in [-0.4, -0.2) is 28.1 Å². The Morgan fingerprint density at radius 1 is 1.50 bits per heavy atom. The minimum absolute atomic E-state index is 0.686. The number of hydrogen-bond donors (Lipinski definition) is 1. The third kappa shape index (κ3) is 2.94. The molecule has 1 aromatic rings. The predicted molar refractivity (Wildman–Crippen MR) is 71.2 cm³/mol. The van der Waals surface area contributed by atoms with E-state index in [0.717, 1.165) is 12.5 Å². The molecular formula is C12H21N3S. The lowest BCUT2D eigenvalue weighted by Crippen LogP contribution is -2.12. The number of hydrogen-bond acceptors (Lipinski definition) is 3. The Bertz CT molecular complexity index is 305. The van der Waals surface area contributed by atoms with Crippen LogP contribution in [-0.2, 0) is 0 Å². The van der Waals surface area contributed by atoms with Gasteiger partial charge in [-0.1, -0.05) is 12.8 Å². The highest BCUT2D eigenvalue weighted by molar-refractivity contribution is 7.98. The summed E-state index contributed by atoms with van der Waals surface area (Å²) in [7, 11) is 0. The van der Waals surface area contributed by atoms with Gasteiger partial charge < -0.3 is 9.88 Å². The zero-order valence-electron chi connectivity index (χ0n) is 9.98. The summed E-state index contributed by atoms with van der Waals surface area (Å²) in [6, 6.07) is 0.686. The maximum atomic E-state index is 4.40. The molecule has 3 nitrogen and oxygen atoms in total. The van der Waals surface area contributed by atoms with Gasteiger partial charge in [0.25, 0.3) is 0 Å². The van der Waals surface area contributed by atoms with E-state index in [4.69, 9.17) is 0 Å². The summed E-state index contributed by atoms with van der Waals surface area (Å²) < 4.78 is 2.33. The van der Waals surface area contributed by atoms with E-state index >= 15 is 0 Å². The fourth-order valence-electron chi connectivity index (χ4n) is 2.34. The number of nitrogens with zero attached hydrogens (tertiary/aromatic N) is 2. The third-order valence-electron chi connectivity index (χ3n) is 3.20. The van der Waals surface area contributed by atoms with Crippen LogP contribution >= 0.6 is 11.8 Å². The van der Waals surface area contributed by atoms with E-state index in [1.165, 1.54) is 37.9 Å². The van der Waals surface area contributed by atoms with Gasteiger partial charge in [0.2, 0.25) is 5.95 Å². The number of rotatable bonds is 6. The molecule has 16 heavy (non-hydrogen) atoms. The van der Waals surface area contributed by atoms with Gasteiger partial charge in [-0.15, -0.1) is 0 Å². The molecule has 0 radical (unpaired) electrons. The summed E-state index contributed by atoms with van der Waals surface area (Å²) in [6.45, 7) is 1.03. The number of thioether (sulfide) groups is 1. The Labute approximate surface area is 102 Å². The van der Waals surface area contributed by atoms with Gasteiger partial charge in [-0.3, -0.25) is 0 Å². The van der Waals surface area contributed by atoms with Gasteiger partial charge in [-0.25, -0.2) is 4.98 Å². The quantitative estimate of drug-likeness (QED) is 0.773. The number of anilines is 1. The lowest BCUT2D eigenvalue weighted by Gasteiger charge is -2.15. The summed E-state index contributed by atoms with van der Waals surface area (Å²) in [4.78, 5) is 4.40. The molecule has 0 aromatic carbocycles. The largest absolute Gasteiger partial charge is 0.356 e. The first-order valence-electron chi connectivity index (χ1n) is 6.17. The number of aromatic nitrogens is 2. The van der Waals surface area contributed by atoms with Crippen molar-refractivity contribution in [3.8, 4) is 0 Å². The van der Waals surface area contributed by atoms with Crippen LogP contribution in [0.3, 0.4) is 0 Å². The zero-order chi connectivity index (χ0) is 11.2. The van der Waals surface area contributed by atoms with Crippen LogP contribution in [0.25, 0.3) is 0 Å². The second kappa shape index (κ2) is 6.18. The topological polar surface area (TPSA) is 29.9 Å². The van der Waals surface area contributed by atoms with E-state index in [9.17, 15) is 0 Å². The van der Waals surface area contributed by atoms with Gasteiger partial charge in [-0.05, 0) is 31.3 Å². The Hall–Kier alpha value is -0.640. The minimum atomic E-state index is 0.686. The molecule has 1 saturated carbocycles. The molecule has 1 heterocycles. The second-order valence-corrected chi connectivity index (χ2v) is 5.36. The fraction of sp³-hybridized carbons (Fsp3) is 0.750. The van der Waals surface area contributed by atoms with Crippen molar-refractivity contribution in [3.63, 3.8) is 0 Å². The highest BCUT2D eigenvalue weighted by Crippen LogP contribution is 2.31. The molecule has 90 valence electrons. The molecule has 0 saturated heterocycles. The van der Waals surface area contributed by atoms with Crippen molar-refractivity contribution in [2.45, 2.75) is 38.1 Å². The maximum Gasteiger partial charge on any atom is 0.203 e. The van der Waals surface area contributed by atoms with Gasteiger partial charge in [0.15, 0.2) is 0 Å². The molecular weight excluding hydrogens is 218 g/mol. The van der Waals surface area contributed by atoms with Crippen LogP contribution in [0, 0.1) is 0 Å². The molecule has 0 atom stereocenters. The third-order valence-corrected chi connectivity index (χ3v) is 3.89. The molecule has 1 aliphatic carbocycles. The Morgan fingerprint density at radius 2 is 2.31 bits per heavy atom. The monoisotopic (exact) mass is 239 g/mol. The van der Waals surface area contributed by atoms with Gasteiger partial charge in [0, 0.05) is 25.0 Å². The molecule has 2 rings (SSSR count). The lowest BCUT2D eigenvalue weighted by molar-refractivity contribution is 0.523. The van der Waals surface area contributed by atoms with Crippen LogP contribution in [0.5, 0.6) is 0 Å². The second-order valence-electron chi connectivity index (χ2n) is 4.37. The van der Waals surface area contributed by atoms with Crippen LogP contribution < -0.4 is 5.32 Å². The first kappa shape index (κ1) is 11.8. The zero-order valence-corrected chi connectivity index (χ0v) is 10.8. The fourth-order valence-corrected chi connectivity index (χ4v) is 2.78. The molecule has 0 aliphatic heterocycles. The molecule has 0 bridgehead atoms. The Kier molecular flexibility index (Phi) is 4.57. The Balaban J connectivity index is 1.86. The first-order chi connectivity index (χ1) is 7.92. The van der Waals surface area contributed by atoms with E-state index in [2.05, 4.69) is 27.3 Å². The van der Waals surface area contributed by atoms with E-state index < -0.39 is 0 Å². The van der Waals surface area contributed by atoms with Crippen molar-refractivity contribution in [1.29, 1.82) is 0 Å². The summed E-state index contributed by atoms with van der Waals surface area (Å²) in [5.74, 6) is 2.28. The van der Waals surface area contributed by atoms with Crippen LogP contribution in [0.15, 0.2) is 12.4 Å². The standard InChI is InChI=1S/C12H21N3S/c1-16-10-4-7-13-12-14-8-9-15(12)11-5-2-3-6-11/h8-9,11H,2-7,10H2,1H3,(H,13,14).